The predicted molar refractivity (Wildman–Crippen MR) is 104 cm³/mol. The minimum Gasteiger partial charge on any atom is -0.508 e. The minimum atomic E-state index is -0.492. The standard InChI is InChI=1S/C20H19N5O3/c1-12-17(19(27)24-15-5-3-4-6-16(15)28-2)18(13-7-9-14(26)10-8-13)25-20(23-12)21-11-22-25/h3-11,18,26H,1-2H3,(H,24,27)(H,21,22,23)/t18-/m0/s1. The van der Waals surface area contributed by atoms with E-state index < -0.39 is 6.04 Å². The zero-order valence-corrected chi connectivity index (χ0v) is 15.4. The molecule has 3 N–H and O–H groups in total. The molecule has 1 atom stereocenters. The summed E-state index contributed by atoms with van der Waals surface area (Å²) in [6, 6.07) is 13.4. The number of para-hydroxylation sites is 2. The zero-order chi connectivity index (χ0) is 19.7. The van der Waals surface area contributed by atoms with Crippen LogP contribution in [0.25, 0.3) is 0 Å². The van der Waals surface area contributed by atoms with Crippen molar-refractivity contribution >= 4 is 17.5 Å². The van der Waals surface area contributed by atoms with Crippen LogP contribution >= 0.6 is 0 Å². The topological polar surface area (TPSA) is 101 Å². The molecule has 0 saturated heterocycles. The summed E-state index contributed by atoms with van der Waals surface area (Å²) in [4.78, 5) is 17.5. The van der Waals surface area contributed by atoms with Crippen LogP contribution in [0.15, 0.2) is 66.1 Å². The van der Waals surface area contributed by atoms with Gasteiger partial charge >= 0.3 is 0 Å². The highest BCUT2D eigenvalue weighted by Crippen LogP contribution is 2.36. The summed E-state index contributed by atoms with van der Waals surface area (Å²) in [5.74, 6) is 0.982. The maximum absolute atomic E-state index is 13.3. The number of carbonyl (C=O) groups is 1. The molecule has 8 heteroatoms. The van der Waals surface area contributed by atoms with Gasteiger partial charge in [-0.15, -0.1) is 0 Å². The number of carbonyl (C=O) groups excluding carboxylic acids is 1. The van der Waals surface area contributed by atoms with Crippen molar-refractivity contribution in [1.82, 2.24) is 14.8 Å². The summed E-state index contributed by atoms with van der Waals surface area (Å²) in [6.07, 6.45) is 1.43. The molecule has 1 aromatic heterocycles. The Balaban J connectivity index is 1.76. The van der Waals surface area contributed by atoms with Gasteiger partial charge in [-0.2, -0.15) is 10.1 Å². The molecule has 4 rings (SSSR count). The van der Waals surface area contributed by atoms with Gasteiger partial charge in [0.2, 0.25) is 5.95 Å². The summed E-state index contributed by atoms with van der Waals surface area (Å²) >= 11 is 0. The number of phenolic OH excluding ortho intramolecular Hbond substituents is 1. The van der Waals surface area contributed by atoms with Crippen molar-refractivity contribution in [2.45, 2.75) is 13.0 Å². The third-order valence-electron chi connectivity index (χ3n) is 4.60. The Morgan fingerprint density at radius 3 is 2.71 bits per heavy atom. The van der Waals surface area contributed by atoms with Crippen LogP contribution in [-0.4, -0.2) is 32.9 Å². The van der Waals surface area contributed by atoms with E-state index in [0.29, 0.717) is 28.7 Å². The monoisotopic (exact) mass is 377 g/mol. The number of anilines is 2. The summed E-state index contributed by atoms with van der Waals surface area (Å²) in [6.45, 7) is 1.82. The van der Waals surface area contributed by atoms with Crippen LogP contribution in [-0.2, 0) is 4.79 Å². The average Bonchev–Trinajstić information content (AvgIpc) is 3.16. The highest BCUT2D eigenvalue weighted by Gasteiger charge is 2.33. The molecule has 0 bridgehead atoms. The number of aromatic nitrogens is 3. The van der Waals surface area contributed by atoms with Gasteiger partial charge in [-0.05, 0) is 36.8 Å². The van der Waals surface area contributed by atoms with Crippen LogP contribution < -0.4 is 15.4 Å². The lowest BCUT2D eigenvalue weighted by Crippen LogP contribution is -2.31. The second-order valence-electron chi connectivity index (χ2n) is 6.34. The van der Waals surface area contributed by atoms with Crippen LogP contribution in [0.5, 0.6) is 11.5 Å². The Morgan fingerprint density at radius 2 is 1.96 bits per heavy atom. The van der Waals surface area contributed by atoms with Gasteiger partial charge in [0.1, 0.15) is 23.9 Å². The molecule has 28 heavy (non-hydrogen) atoms. The van der Waals surface area contributed by atoms with E-state index in [0.717, 1.165) is 5.56 Å². The first-order valence-electron chi connectivity index (χ1n) is 8.69. The molecule has 0 fully saturated rings. The van der Waals surface area contributed by atoms with Gasteiger partial charge in [-0.25, -0.2) is 4.68 Å². The molecule has 142 valence electrons. The Morgan fingerprint density at radius 1 is 1.21 bits per heavy atom. The molecule has 0 saturated carbocycles. The second kappa shape index (κ2) is 7.07. The molecule has 1 aliphatic rings. The normalized spacial score (nSPS) is 15.6. The number of allylic oxidation sites excluding steroid dienone is 1. The maximum atomic E-state index is 13.3. The van der Waals surface area contributed by atoms with Crippen molar-refractivity contribution in [2.75, 3.05) is 17.7 Å². The summed E-state index contributed by atoms with van der Waals surface area (Å²) < 4.78 is 6.98. The molecule has 1 amide bonds. The molecule has 2 aromatic carbocycles. The lowest BCUT2D eigenvalue weighted by atomic mass is 9.95. The molecule has 3 aromatic rings. The molecule has 0 aliphatic carbocycles. The van der Waals surface area contributed by atoms with E-state index in [9.17, 15) is 9.90 Å². The van der Waals surface area contributed by atoms with Crippen LogP contribution in [0.1, 0.15) is 18.5 Å². The van der Waals surface area contributed by atoms with E-state index in [-0.39, 0.29) is 11.7 Å². The van der Waals surface area contributed by atoms with Crippen molar-refractivity contribution in [3.05, 3.63) is 71.7 Å². The molecule has 0 spiro atoms. The molecule has 8 nitrogen and oxygen atoms in total. The quantitative estimate of drug-likeness (QED) is 0.646. The van der Waals surface area contributed by atoms with Crippen molar-refractivity contribution in [1.29, 1.82) is 0 Å². The van der Waals surface area contributed by atoms with E-state index in [2.05, 4.69) is 20.7 Å². The third-order valence-corrected chi connectivity index (χ3v) is 4.60. The number of hydrogen-bond donors (Lipinski definition) is 3. The smallest absolute Gasteiger partial charge is 0.255 e. The number of rotatable bonds is 4. The van der Waals surface area contributed by atoms with Crippen molar-refractivity contribution in [2.24, 2.45) is 0 Å². The minimum absolute atomic E-state index is 0.150. The summed E-state index contributed by atoms with van der Waals surface area (Å²) in [5.41, 5.74) is 2.54. The van der Waals surface area contributed by atoms with E-state index >= 15 is 0 Å². The predicted octanol–water partition coefficient (Wildman–Crippen LogP) is 2.92. The van der Waals surface area contributed by atoms with Crippen molar-refractivity contribution in [3.63, 3.8) is 0 Å². The fourth-order valence-corrected chi connectivity index (χ4v) is 3.29. The lowest BCUT2D eigenvalue weighted by molar-refractivity contribution is -0.113. The number of phenols is 1. The van der Waals surface area contributed by atoms with Crippen LogP contribution in [0.4, 0.5) is 11.6 Å². The van der Waals surface area contributed by atoms with E-state index in [1.165, 1.54) is 6.33 Å². The number of nitrogens with one attached hydrogen (secondary N) is 2. The van der Waals surface area contributed by atoms with E-state index in [1.54, 1.807) is 48.2 Å². The Bertz CT molecular complexity index is 1060. The number of benzene rings is 2. The van der Waals surface area contributed by atoms with Crippen molar-refractivity contribution < 1.29 is 14.6 Å². The maximum Gasteiger partial charge on any atom is 0.255 e. The molecular weight excluding hydrogens is 358 g/mol. The SMILES string of the molecule is COc1ccccc1NC(=O)C1=C(C)Nc2ncnn2[C@H]1c1ccc(O)cc1. The van der Waals surface area contributed by atoms with Gasteiger partial charge in [0.25, 0.3) is 5.91 Å². The first-order chi connectivity index (χ1) is 13.6. The first kappa shape index (κ1) is 17.6. The van der Waals surface area contributed by atoms with Crippen molar-refractivity contribution in [3.8, 4) is 11.5 Å². The van der Waals surface area contributed by atoms with Gasteiger partial charge < -0.3 is 20.5 Å². The van der Waals surface area contributed by atoms with E-state index in [4.69, 9.17) is 4.74 Å². The number of fused-ring (bicyclic) bond motifs is 1. The number of ether oxygens (including phenoxy) is 1. The highest BCUT2D eigenvalue weighted by molar-refractivity contribution is 6.06. The lowest BCUT2D eigenvalue weighted by Gasteiger charge is -2.28. The Labute approximate surface area is 161 Å². The fourth-order valence-electron chi connectivity index (χ4n) is 3.29. The van der Waals surface area contributed by atoms with Gasteiger partial charge in [0, 0.05) is 5.70 Å². The van der Waals surface area contributed by atoms with Gasteiger partial charge in [-0.3, -0.25) is 4.79 Å². The molecular formula is C20H19N5O3. The fraction of sp³-hybridized carbons (Fsp3) is 0.150. The zero-order valence-electron chi connectivity index (χ0n) is 15.4. The molecule has 2 heterocycles. The average molecular weight is 377 g/mol. The molecule has 0 unspecified atom stereocenters. The Kier molecular flexibility index (Phi) is 4.44. The van der Waals surface area contributed by atoms with Gasteiger partial charge in [0.05, 0.1) is 18.4 Å². The number of methoxy groups -OCH3 is 1. The van der Waals surface area contributed by atoms with Gasteiger partial charge in [0.15, 0.2) is 0 Å². The highest BCUT2D eigenvalue weighted by atomic mass is 16.5. The molecule has 1 aliphatic heterocycles. The van der Waals surface area contributed by atoms with Crippen LogP contribution in [0.2, 0.25) is 0 Å². The number of aromatic hydroxyl groups is 1. The number of nitrogens with zero attached hydrogens (tertiary/aromatic N) is 3. The van der Waals surface area contributed by atoms with E-state index in [1.807, 2.05) is 19.1 Å². The first-order valence-corrected chi connectivity index (χ1v) is 8.69. The Hall–Kier alpha value is -3.81. The largest absolute Gasteiger partial charge is 0.508 e. The number of hydrogen-bond acceptors (Lipinski definition) is 6. The second-order valence-corrected chi connectivity index (χ2v) is 6.34. The van der Waals surface area contributed by atoms with Crippen LogP contribution in [0, 0.1) is 0 Å². The summed E-state index contributed by atoms with van der Waals surface area (Å²) in [7, 11) is 1.55. The van der Waals surface area contributed by atoms with Crippen LogP contribution in [0.3, 0.4) is 0 Å². The third kappa shape index (κ3) is 3.05. The van der Waals surface area contributed by atoms with Gasteiger partial charge in [-0.1, -0.05) is 24.3 Å². The summed E-state index contributed by atoms with van der Waals surface area (Å²) in [5, 5.41) is 20.0. The molecule has 0 radical (unpaired) electrons. The number of amides is 1.